The van der Waals surface area contributed by atoms with Gasteiger partial charge in [-0.3, -0.25) is 0 Å². The predicted molar refractivity (Wildman–Crippen MR) is 71.5 cm³/mol. The van der Waals surface area contributed by atoms with Gasteiger partial charge in [-0.25, -0.2) is 0 Å². The van der Waals surface area contributed by atoms with Gasteiger partial charge in [-0.05, 0) is 18.1 Å². The molecular weight excluding hydrogens is 342 g/mol. The third kappa shape index (κ3) is 2.83. The van der Waals surface area contributed by atoms with Crippen molar-refractivity contribution in [1.82, 2.24) is 0 Å². The summed E-state index contributed by atoms with van der Waals surface area (Å²) < 4.78 is 94.2. The summed E-state index contributed by atoms with van der Waals surface area (Å²) >= 11 is 0. The van der Waals surface area contributed by atoms with E-state index in [1.54, 1.807) is 6.92 Å². The minimum atomic E-state index is -5.63. The highest BCUT2D eigenvalue weighted by Crippen LogP contribution is 2.58. The van der Waals surface area contributed by atoms with E-state index in [1.165, 1.54) is 7.11 Å². The van der Waals surface area contributed by atoms with E-state index >= 15 is 0 Å². The molecular formula is C15H16F6O3. The fourth-order valence-corrected chi connectivity index (χ4v) is 2.84. The molecule has 1 aliphatic rings. The normalized spacial score (nSPS) is 17.0. The Balaban J connectivity index is 2.64. The predicted octanol–water partition coefficient (Wildman–Crippen LogP) is 4.47. The van der Waals surface area contributed by atoms with Crippen LogP contribution >= 0.6 is 0 Å². The summed E-state index contributed by atoms with van der Waals surface area (Å²) in [4.78, 5) is 0. The highest BCUT2D eigenvalue weighted by Gasteiger charge is 2.75. The average Bonchev–Trinajstić information content (AvgIpc) is 2.87. The van der Waals surface area contributed by atoms with Crippen molar-refractivity contribution in [3.05, 3.63) is 28.8 Å². The van der Waals surface area contributed by atoms with Crippen LogP contribution in [0.1, 0.15) is 30.0 Å². The second-order valence-corrected chi connectivity index (χ2v) is 5.33. The summed E-state index contributed by atoms with van der Waals surface area (Å²) in [6, 6.07) is 1.87. The molecule has 9 heteroatoms. The highest BCUT2D eigenvalue weighted by molar-refractivity contribution is 5.50. The first-order chi connectivity index (χ1) is 11.1. The van der Waals surface area contributed by atoms with Gasteiger partial charge in [-0.1, -0.05) is 19.4 Å². The van der Waals surface area contributed by atoms with Crippen molar-refractivity contribution < 1.29 is 40.6 Å². The molecule has 0 aliphatic carbocycles. The summed E-state index contributed by atoms with van der Waals surface area (Å²) in [5, 5.41) is 0. The summed E-state index contributed by atoms with van der Waals surface area (Å²) in [6.45, 7) is 0.810. The van der Waals surface area contributed by atoms with Crippen LogP contribution in [0.2, 0.25) is 0 Å². The van der Waals surface area contributed by atoms with Gasteiger partial charge in [0, 0.05) is 18.2 Å². The van der Waals surface area contributed by atoms with Crippen LogP contribution in [0, 0.1) is 0 Å². The molecule has 0 N–H and O–H groups in total. The zero-order valence-corrected chi connectivity index (χ0v) is 13.0. The number of fused-ring (bicyclic) bond motifs is 1. The Morgan fingerprint density at radius 3 is 2.25 bits per heavy atom. The Morgan fingerprint density at radius 2 is 1.75 bits per heavy atom. The van der Waals surface area contributed by atoms with Gasteiger partial charge in [0.15, 0.2) is 6.79 Å². The first-order valence-electron chi connectivity index (χ1n) is 7.14. The zero-order valence-electron chi connectivity index (χ0n) is 13.0. The Bertz CT molecular complexity index is 580. The summed E-state index contributed by atoms with van der Waals surface area (Å²) in [7, 11) is 1.36. The van der Waals surface area contributed by atoms with Crippen molar-refractivity contribution in [2.24, 2.45) is 0 Å². The molecule has 0 bridgehead atoms. The second kappa shape index (κ2) is 6.44. The summed E-state index contributed by atoms with van der Waals surface area (Å²) in [5.74, 6) is 0.196. The van der Waals surface area contributed by atoms with E-state index in [1.807, 2.05) is 0 Å². The van der Waals surface area contributed by atoms with Crippen LogP contribution in [-0.4, -0.2) is 26.3 Å². The third-order valence-electron chi connectivity index (χ3n) is 3.83. The minimum Gasteiger partial charge on any atom is -0.467 e. The van der Waals surface area contributed by atoms with Gasteiger partial charge in [0.1, 0.15) is 5.75 Å². The van der Waals surface area contributed by atoms with Gasteiger partial charge in [0.2, 0.25) is 0 Å². The molecule has 1 aliphatic heterocycles. The van der Waals surface area contributed by atoms with Crippen molar-refractivity contribution in [2.45, 2.75) is 44.3 Å². The molecule has 0 atom stereocenters. The molecule has 0 fully saturated rings. The first-order valence-corrected chi connectivity index (χ1v) is 7.14. The van der Waals surface area contributed by atoms with Crippen LogP contribution in [0.3, 0.4) is 0 Å². The Kier molecular flexibility index (Phi) is 5.06. The molecule has 136 valence electrons. The zero-order chi connectivity index (χ0) is 18.2. The molecule has 24 heavy (non-hydrogen) atoms. The van der Waals surface area contributed by atoms with Gasteiger partial charge in [-0.15, -0.1) is 0 Å². The maximum atomic E-state index is 13.3. The van der Waals surface area contributed by atoms with E-state index in [-0.39, 0.29) is 30.1 Å². The Labute approximate surface area is 134 Å². The minimum absolute atomic E-state index is 0.125. The maximum Gasteiger partial charge on any atom is 0.430 e. The number of rotatable bonds is 5. The lowest BCUT2D eigenvalue weighted by atomic mass is 9.87. The molecule has 3 nitrogen and oxygen atoms in total. The highest BCUT2D eigenvalue weighted by atomic mass is 19.4. The van der Waals surface area contributed by atoms with Crippen LogP contribution in [0.4, 0.5) is 26.3 Å². The number of ether oxygens (including phenoxy) is 3. The second-order valence-electron chi connectivity index (χ2n) is 5.33. The van der Waals surface area contributed by atoms with E-state index in [0.717, 1.165) is 12.1 Å². The van der Waals surface area contributed by atoms with Crippen molar-refractivity contribution in [3.63, 3.8) is 0 Å². The SMILES string of the molecule is CCCc1c(OCOC)ccc2c1COC2(C(F)(F)F)C(F)(F)F. The lowest BCUT2D eigenvalue weighted by Gasteiger charge is -2.33. The van der Waals surface area contributed by atoms with Gasteiger partial charge in [-0.2, -0.15) is 26.3 Å². The van der Waals surface area contributed by atoms with E-state index in [4.69, 9.17) is 9.47 Å². The van der Waals surface area contributed by atoms with Crippen molar-refractivity contribution in [1.29, 1.82) is 0 Å². The van der Waals surface area contributed by atoms with Gasteiger partial charge < -0.3 is 14.2 Å². The molecule has 0 aromatic heterocycles. The van der Waals surface area contributed by atoms with Crippen LogP contribution in [-0.2, 0) is 28.1 Å². The Morgan fingerprint density at radius 1 is 1.12 bits per heavy atom. The number of hydrogen-bond donors (Lipinski definition) is 0. The molecule has 1 heterocycles. The van der Waals surface area contributed by atoms with Crippen LogP contribution in [0.5, 0.6) is 5.75 Å². The van der Waals surface area contributed by atoms with Gasteiger partial charge in [0.25, 0.3) is 5.60 Å². The van der Waals surface area contributed by atoms with Gasteiger partial charge in [0.05, 0.1) is 6.61 Å². The lowest BCUT2D eigenvalue weighted by Crippen LogP contribution is -2.53. The Hall–Kier alpha value is -1.48. The molecule has 2 rings (SSSR count). The molecule has 0 saturated heterocycles. The largest absolute Gasteiger partial charge is 0.467 e. The van der Waals surface area contributed by atoms with Crippen LogP contribution in [0.15, 0.2) is 12.1 Å². The molecule has 1 aromatic carbocycles. The topological polar surface area (TPSA) is 27.7 Å². The van der Waals surface area contributed by atoms with Crippen LogP contribution < -0.4 is 4.74 Å². The summed E-state index contributed by atoms with van der Waals surface area (Å²) in [6.07, 6.45) is -10.5. The third-order valence-corrected chi connectivity index (χ3v) is 3.83. The van der Waals surface area contributed by atoms with E-state index < -0.39 is 30.1 Å². The monoisotopic (exact) mass is 358 g/mol. The fourth-order valence-electron chi connectivity index (χ4n) is 2.84. The van der Waals surface area contributed by atoms with E-state index in [2.05, 4.69) is 4.74 Å². The van der Waals surface area contributed by atoms with Crippen LogP contribution in [0.25, 0.3) is 0 Å². The molecule has 0 saturated carbocycles. The quantitative estimate of drug-likeness (QED) is 0.574. The molecule has 0 unspecified atom stereocenters. The first kappa shape index (κ1) is 18.9. The number of benzene rings is 1. The lowest BCUT2D eigenvalue weighted by molar-refractivity contribution is -0.385. The standard InChI is InChI=1S/C15H16F6O3/c1-3-4-9-10-7-24-13(14(16,17)18,15(19,20)21)11(10)5-6-12(9)23-8-22-2/h5-6H,3-4,7-8H2,1-2H3. The number of alkyl halides is 6. The fraction of sp³-hybridized carbons (Fsp3) is 0.600. The number of methoxy groups -OCH3 is 1. The number of hydrogen-bond acceptors (Lipinski definition) is 3. The smallest absolute Gasteiger partial charge is 0.430 e. The van der Waals surface area contributed by atoms with E-state index in [9.17, 15) is 26.3 Å². The number of halogens is 6. The summed E-state index contributed by atoms with van der Waals surface area (Å²) in [5.41, 5.74) is -5.07. The van der Waals surface area contributed by atoms with Gasteiger partial charge >= 0.3 is 12.4 Å². The van der Waals surface area contributed by atoms with Crippen molar-refractivity contribution in [2.75, 3.05) is 13.9 Å². The average molecular weight is 358 g/mol. The van der Waals surface area contributed by atoms with E-state index in [0.29, 0.717) is 6.42 Å². The molecule has 0 radical (unpaired) electrons. The maximum absolute atomic E-state index is 13.3. The van der Waals surface area contributed by atoms with Crippen molar-refractivity contribution in [3.8, 4) is 5.75 Å². The molecule has 0 amide bonds. The molecule has 0 spiro atoms. The van der Waals surface area contributed by atoms with Crippen molar-refractivity contribution >= 4 is 0 Å². The molecule has 1 aromatic rings.